The Balaban J connectivity index is 1.32. The number of nitrogens with two attached hydrogens (primary N) is 1. The summed E-state index contributed by atoms with van der Waals surface area (Å²) in [6, 6.07) is 10.9. The molecule has 1 aliphatic heterocycles. The molecule has 18 nitrogen and oxygen atoms in total. The van der Waals surface area contributed by atoms with E-state index in [-0.39, 0.29) is 28.7 Å². The maximum Gasteiger partial charge on any atom is 0.459 e. The Hall–Kier alpha value is -4.34. The maximum atomic E-state index is 13.9. The van der Waals surface area contributed by atoms with Crippen molar-refractivity contribution in [1.29, 1.82) is 0 Å². The maximum absolute atomic E-state index is 13.9. The molecule has 6 N–H and O–H groups in total. The second-order valence-corrected chi connectivity index (χ2v) is 14.7. The van der Waals surface area contributed by atoms with E-state index >= 15 is 0 Å². The van der Waals surface area contributed by atoms with Crippen LogP contribution in [-0.4, -0.2) is 88.4 Å². The van der Waals surface area contributed by atoms with Crippen molar-refractivity contribution in [2.45, 2.75) is 37.6 Å². The Morgan fingerprint density at radius 3 is 2.52 bits per heavy atom. The van der Waals surface area contributed by atoms with Crippen LogP contribution in [-0.2, 0) is 40.0 Å². The van der Waals surface area contributed by atoms with E-state index in [1.807, 2.05) is 0 Å². The van der Waals surface area contributed by atoms with Gasteiger partial charge >= 0.3 is 13.7 Å². The zero-order valence-electron chi connectivity index (χ0n) is 26.6. The number of halogens is 2. The van der Waals surface area contributed by atoms with Crippen LogP contribution in [0.15, 0.2) is 54.9 Å². The number of nitrogen functional groups attached to an aromatic ring is 1. The van der Waals surface area contributed by atoms with Crippen molar-refractivity contribution >= 4 is 46.7 Å². The number of carbonyl (C=O) groups excluding carboxylic acids is 1. The number of fused-ring (bicyclic) bond motifs is 1. The average Bonchev–Trinajstić information content (AvgIpc) is 3.55. The number of para-hydroxylation sites is 1. The highest BCUT2D eigenvalue weighted by atomic mass is 32.2. The molecule has 0 bridgehead atoms. The topological polar surface area (TPSA) is 243 Å². The number of aliphatic hydroxyl groups excluding tert-OH is 1. The van der Waals surface area contributed by atoms with E-state index in [0.29, 0.717) is 0 Å². The highest BCUT2D eigenvalue weighted by Gasteiger charge is 2.54. The number of esters is 1. The van der Waals surface area contributed by atoms with Gasteiger partial charge in [0, 0.05) is 7.05 Å². The molecule has 50 heavy (non-hydrogen) atoms. The van der Waals surface area contributed by atoms with E-state index in [4.69, 9.17) is 24.3 Å². The highest BCUT2D eigenvalue weighted by molar-refractivity contribution is 7.88. The van der Waals surface area contributed by atoms with E-state index in [9.17, 15) is 36.8 Å². The lowest BCUT2D eigenvalue weighted by Crippen LogP contribution is -2.44. The van der Waals surface area contributed by atoms with Crippen LogP contribution in [0.4, 0.5) is 20.5 Å². The standard InChI is InChI=1S/C28H33F2N8O10PS/c1-28(41)23(40)20(47-26(28)38-15-32-22-24(34-27(31)35-25(22)38)37(2)36-50(3,43)44)14-46-49(42,48-16-8-5-4-6-9-16)33-12-21(39)45-13-17-18(29)10-7-11-19(17)30/h4-11,15,20,23,26,36,40-41H,12-14H2,1-3H3,(H,33,42)(H2,31,34,35)/t20?,23-,26?,28-,49?/m1/s1. The van der Waals surface area contributed by atoms with Crippen LogP contribution in [0.1, 0.15) is 18.7 Å². The van der Waals surface area contributed by atoms with Crippen LogP contribution in [0, 0.1) is 11.6 Å². The van der Waals surface area contributed by atoms with E-state index < -0.39 is 84.7 Å². The quantitative estimate of drug-likeness (QED) is 0.0691. The van der Waals surface area contributed by atoms with Gasteiger partial charge in [0.15, 0.2) is 23.2 Å². The molecule has 22 heteroatoms. The van der Waals surface area contributed by atoms with Gasteiger partial charge < -0.3 is 29.9 Å². The van der Waals surface area contributed by atoms with Gasteiger partial charge in [-0.3, -0.25) is 18.9 Å². The van der Waals surface area contributed by atoms with Crippen molar-refractivity contribution in [2.75, 3.05) is 37.2 Å². The summed E-state index contributed by atoms with van der Waals surface area (Å²) in [6.45, 7) is -0.949. The van der Waals surface area contributed by atoms with Crippen molar-refractivity contribution in [3.05, 3.63) is 72.1 Å². The number of hydrogen-bond acceptors (Lipinski definition) is 15. The summed E-state index contributed by atoms with van der Waals surface area (Å²) in [4.78, 5) is 27.1. The number of aliphatic hydroxyl groups is 2. The third-order valence-electron chi connectivity index (χ3n) is 7.28. The number of hydrazine groups is 1. The molecule has 0 amide bonds. The number of sulfonamides is 1. The molecular weight excluding hydrogens is 709 g/mol. The molecule has 3 unspecified atom stereocenters. The normalized spacial score (nSPS) is 21.9. The monoisotopic (exact) mass is 742 g/mol. The number of ether oxygens (including phenoxy) is 2. The summed E-state index contributed by atoms with van der Waals surface area (Å²) in [6.07, 6.45) is -2.31. The fourth-order valence-corrected chi connectivity index (χ4v) is 6.78. The Morgan fingerprint density at radius 2 is 1.86 bits per heavy atom. The van der Waals surface area contributed by atoms with Crippen LogP contribution in [0.3, 0.4) is 0 Å². The first-order chi connectivity index (χ1) is 23.5. The molecule has 5 atom stereocenters. The first-order valence-electron chi connectivity index (χ1n) is 14.6. The number of nitrogens with one attached hydrogen (secondary N) is 2. The lowest BCUT2D eigenvalue weighted by Gasteiger charge is -2.27. The van der Waals surface area contributed by atoms with Gasteiger partial charge in [0.1, 0.15) is 48.3 Å². The molecule has 3 heterocycles. The van der Waals surface area contributed by atoms with Gasteiger partial charge in [-0.1, -0.05) is 24.3 Å². The predicted octanol–water partition coefficient (Wildman–Crippen LogP) is 1.13. The largest absolute Gasteiger partial charge is 0.460 e. The van der Waals surface area contributed by atoms with Gasteiger partial charge in [0.05, 0.1) is 24.8 Å². The summed E-state index contributed by atoms with van der Waals surface area (Å²) < 4.78 is 88.5. The van der Waals surface area contributed by atoms with Crippen LogP contribution < -0.4 is 25.2 Å². The SMILES string of the molecule is CN(NS(C)(=O)=O)c1nc(N)nc2c1ncn2C1OC(COP(=O)(NCC(=O)OCc2c(F)cccc2F)Oc2ccccc2)[C@@H](O)[C@@]1(C)O. The lowest BCUT2D eigenvalue weighted by molar-refractivity contribution is -0.143. The molecule has 0 spiro atoms. The molecule has 4 aromatic rings. The first kappa shape index (κ1) is 36.9. The van der Waals surface area contributed by atoms with Crippen LogP contribution in [0.25, 0.3) is 11.2 Å². The van der Waals surface area contributed by atoms with Gasteiger partial charge in [-0.05, 0) is 31.2 Å². The zero-order valence-corrected chi connectivity index (χ0v) is 28.3. The fourth-order valence-electron chi connectivity index (χ4n) is 4.92. The second kappa shape index (κ2) is 14.5. The van der Waals surface area contributed by atoms with Gasteiger partial charge in [-0.25, -0.2) is 31.8 Å². The van der Waals surface area contributed by atoms with E-state index in [0.717, 1.165) is 29.5 Å². The number of anilines is 2. The van der Waals surface area contributed by atoms with Gasteiger partial charge in [0.25, 0.3) is 0 Å². The number of hydrogen-bond donors (Lipinski definition) is 5. The summed E-state index contributed by atoms with van der Waals surface area (Å²) in [5.41, 5.74) is 3.41. The molecular formula is C28H33F2N8O10PS. The van der Waals surface area contributed by atoms with Crippen molar-refractivity contribution in [1.82, 2.24) is 29.4 Å². The van der Waals surface area contributed by atoms with Gasteiger partial charge in [-0.15, -0.1) is 4.83 Å². The minimum Gasteiger partial charge on any atom is -0.460 e. The van der Waals surface area contributed by atoms with Crippen LogP contribution >= 0.6 is 7.75 Å². The first-order valence-corrected chi connectivity index (χ1v) is 18.0. The molecule has 270 valence electrons. The summed E-state index contributed by atoms with van der Waals surface area (Å²) in [5.74, 6) is -3.15. The zero-order chi connectivity index (χ0) is 36.4. The fraction of sp³-hybridized carbons (Fsp3) is 0.357. The Morgan fingerprint density at radius 1 is 1.18 bits per heavy atom. The summed E-state index contributed by atoms with van der Waals surface area (Å²) in [5, 5.41) is 25.8. The van der Waals surface area contributed by atoms with Crippen molar-refractivity contribution < 1.29 is 55.3 Å². The Bertz CT molecular complexity index is 2000. The smallest absolute Gasteiger partial charge is 0.459 e. The lowest BCUT2D eigenvalue weighted by atomic mass is 9.96. The molecule has 2 aromatic heterocycles. The highest BCUT2D eigenvalue weighted by Crippen LogP contribution is 2.46. The number of nitrogens with zero attached hydrogens (tertiary/aromatic N) is 5. The van der Waals surface area contributed by atoms with E-state index in [2.05, 4.69) is 24.9 Å². The van der Waals surface area contributed by atoms with Crippen LogP contribution in [0.2, 0.25) is 0 Å². The molecule has 0 saturated carbocycles. The molecule has 0 radical (unpaired) electrons. The molecule has 0 aliphatic carbocycles. The molecule has 5 rings (SSSR count). The number of aromatic nitrogens is 4. The number of carbonyl (C=O) groups is 1. The average molecular weight is 743 g/mol. The summed E-state index contributed by atoms with van der Waals surface area (Å²) in [7, 11) is -6.85. The van der Waals surface area contributed by atoms with Crippen LogP contribution in [0.5, 0.6) is 5.75 Å². The molecule has 1 aliphatic rings. The third-order valence-corrected chi connectivity index (χ3v) is 9.37. The third kappa shape index (κ3) is 8.33. The minimum atomic E-state index is -4.48. The van der Waals surface area contributed by atoms with E-state index in [1.165, 1.54) is 37.0 Å². The van der Waals surface area contributed by atoms with Gasteiger partial charge in [0.2, 0.25) is 16.0 Å². The molecule has 2 aromatic carbocycles. The number of rotatable bonds is 14. The second-order valence-electron chi connectivity index (χ2n) is 11.2. The number of imidazole rings is 1. The van der Waals surface area contributed by atoms with Crippen molar-refractivity contribution in [3.63, 3.8) is 0 Å². The number of benzene rings is 2. The van der Waals surface area contributed by atoms with E-state index in [1.54, 1.807) is 18.2 Å². The van der Waals surface area contributed by atoms with Crippen molar-refractivity contribution in [2.24, 2.45) is 0 Å². The van der Waals surface area contributed by atoms with Gasteiger partial charge in [-0.2, -0.15) is 9.97 Å². The van der Waals surface area contributed by atoms with Crippen molar-refractivity contribution in [3.8, 4) is 5.75 Å². The predicted molar refractivity (Wildman–Crippen MR) is 171 cm³/mol. The molecule has 1 fully saturated rings. The molecule has 1 saturated heterocycles. The summed E-state index contributed by atoms with van der Waals surface area (Å²) >= 11 is 0. The Labute approximate surface area is 283 Å². The minimum absolute atomic E-state index is 0.00206. The Kier molecular flexibility index (Phi) is 10.7.